The summed E-state index contributed by atoms with van der Waals surface area (Å²) in [5.41, 5.74) is 1.80. The number of unbranched alkanes of at least 4 members (excludes halogenated alkanes) is 1. The number of aryl methyl sites for hydroxylation is 1. The Bertz CT molecular complexity index is 639. The minimum atomic E-state index is -0.815. The van der Waals surface area contributed by atoms with Crippen molar-refractivity contribution in [3.05, 3.63) is 29.0 Å². The van der Waals surface area contributed by atoms with E-state index in [0.29, 0.717) is 18.0 Å². The van der Waals surface area contributed by atoms with E-state index >= 15 is 0 Å². The standard InChI is InChI=1S/C15H20ClN3O2/c1-3-4-5-12(15(20)21)17-9-14-18-11-7-6-10(16)8-13(11)19(14)2/h6-8,12,17H,3-5,9H2,1-2H3,(H,20,21)/t12-/m0/s1. The molecule has 1 heterocycles. The minimum Gasteiger partial charge on any atom is -0.480 e. The second-order valence-corrected chi connectivity index (χ2v) is 5.57. The quantitative estimate of drug-likeness (QED) is 0.825. The average Bonchev–Trinajstić information content (AvgIpc) is 2.75. The van der Waals surface area contributed by atoms with Crippen LogP contribution in [0.3, 0.4) is 0 Å². The largest absolute Gasteiger partial charge is 0.480 e. The van der Waals surface area contributed by atoms with Gasteiger partial charge in [0.15, 0.2) is 0 Å². The lowest BCUT2D eigenvalue weighted by atomic mass is 10.1. The van der Waals surface area contributed by atoms with E-state index in [4.69, 9.17) is 11.6 Å². The van der Waals surface area contributed by atoms with Gasteiger partial charge in [0, 0.05) is 12.1 Å². The lowest BCUT2D eigenvalue weighted by Gasteiger charge is -2.13. The summed E-state index contributed by atoms with van der Waals surface area (Å²) in [6, 6.07) is 5.00. The van der Waals surface area contributed by atoms with Crippen LogP contribution >= 0.6 is 11.6 Å². The van der Waals surface area contributed by atoms with Gasteiger partial charge in [-0.2, -0.15) is 0 Å². The molecule has 0 spiro atoms. The molecule has 0 fully saturated rings. The maximum atomic E-state index is 11.2. The number of halogens is 1. The summed E-state index contributed by atoms with van der Waals surface area (Å²) in [6.45, 7) is 2.47. The van der Waals surface area contributed by atoms with E-state index in [1.807, 2.05) is 30.7 Å². The smallest absolute Gasteiger partial charge is 0.320 e. The van der Waals surface area contributed by atoms with Gasteiger partial charge in [-0.3, -0.25) is 10.1 Å². The first kappa shape index (κ1) is 15.8. The van der Waals surface area contributed by atoms with E-state index in [-0.39, 0.29) is 0 Å². The van der Waals surface area contributed by atoms with Crippen molar-refractivity contribution in [1.82, 2.24) is 14.9 Å². The molecule has 21 heavy (non-hydrogen) atoms. The number of nitrogens with zero attached hydrogens (tertiary/aromatic N) is 2. The molecule has 0 saturated heterocycles. The molecule has 0 amide bonds. The monoisotopic (exact) mass is 309 g/mol. The number of carboxylic acid groups (broad SMARTS) is 1. The van der Waals surface area contributed by atoms with Crippen LogP contribution in [-0.4, -0.2) is 26.7 Å². The van der Waals surface area contributed by atoms with Crippen LogP contribution in [0.2, 0.25) is 5.02 Å². The first-order valence-corrected chi connectivity index (χ1v) is 7.47. The van der Waals surface area contributed by atoms with E-state index in [2.05, 4.69) is 10.3 Å². The van der Waals surface area contributed by atoms with Gasteiger partial charge in [0.1, 0.15) is 11.9 Å². The number of fused-ring (bicyclic) bond motifs is 1. The predicted molar refractivity (Wildman–Crippen MR) is 83.5 cm³/mol. The number of nitrogens with one attached hydrogen (secondary N) is 1. The summed E-state index contributed by atoms with van der Waals surface area (Å²) in [4.78, 5) is 15.7. The Labute approximate surface area is 128 Å². The topological polar surface area (TPSA) is 67.2 Å². The Balaban J connectivity index is 2.12. The Morgan fingerprint density at radius 1 is 1.52 bits per heavy atom. The first-order chi connectivity index (χ1) is 10.0. The molecule has 0 saturated carbocycles. The number of hydrogen-bond acceptors (Lipinski definition) is 3. The van der Waals surface area contributed by atoms with Gasteiger partial charge in [0.25, 0.3) is 0 Å². The van der Waals surface area contributed by atoms with Gasteiger partial charge < -0.3 is 9.67 Å². The molecule has 5 nitrogen and oxygen atoms in total. The molecule has 2 N–H and O–H groups in total. The highest BCUT2D eigenvalue weighted by Crippen LogP contribution is 2.19. The van der Waals surface area contributed by atoms with E-state index in [1.165, 1.54) is 0 Å². The van der Waals surface area contributed by atoms with Crippen molar-refractivity contribution in [2.24, 2.45) is 7.05 Å². The van der Waals surface area contributed by atoms with Crippen LogP contribution in [0.1, 0.15) is 32.0 Å². The van der Waals surface area contributed by atoms with Crippen molar-refractivity contribution < 1.29 is 9.90 Å². The van der Waals surface area contributed by atoms with Crippen LogP contribution < -0.4 is 5.32 Å². The molecular formula is C15H20ClN3O2. The van der Waals surface area contributed by atoms with E-state index in [0.717, 1.165) is 29.7 Å². The van der Waals surface area contributed by atoms with Crippen molar-refractivity contribution in [3.8, 4) is 0 Å². The Kier molecular flexibility index (Phi) is 5.20. The van der Waals surface area contributed by atoms with Gasteiger partial charge in [0.05, 0.1) is 17.6 Å². The first-order valence-electron chi connectivity index (χ1n) is 7.10. The predicted octanol–water partition coefficient (Wildman–Crippen LogP) is 2.96. The second-order valence-electron chi connectivity index (χ2n) is 5.13. The number of hydrogen-bond donors (Lipinski definition) is 2. The summed E-state index contributed by atoms with van der Waals surface area (Å²) < 4.78 is 1.94. The molecule has 1 atom stereocenters. The van der Waals surface area contributed by atoms with Gasteiger partial charge in [-0.05, 0) is 24.6 Å². The van der Waals surface area contributed by atoms with Crippen LogP contribution in [0.15, 0.2) is 18.2 Å². The maximum Gasteiger partial charge on any atom is 0.320 e. The fourth-order valence-corrected chi connectivity index (χ4v) is 2.47. The highest BCUT2D eigenvalue weighted by atomic mass is 35.5. The summed E-state index contributed by atoms with van der Waals surface area (Å²) in [5, 5.41) is 13.0. The van der Waals surface area contributed by atoms with Crippen LogP contribution in [0.25, 0.3) is 11.0 Å². The molecule has 114 valence electrons. The number of benzene rings is 1. The van der Waals surface area contributed by atoms with Crippen LogP contribution in [0.4, 0.5) is 0 Å². The molecule has 0 aliphatic carbocycles. The number of rotatable bonds is 7. The fourth-order valence-electron chi connectivity index (χ4n) is 2.31. The molecule has 2 aromatic rings. The third-order valence-electron chi connectivity index (χ3n) is 3.59. The van der Waals surface area contributed by atoms with E-state index in [9.17, 15) is 9.90 Å². The lowest BCUT2D eigenvalue weighted by Crippen LogP contribution is -2.36. The van der Waals surface area contributed by atoms with E-state index in [1.54, 1.807) is 6.07 Å². The van der Waals surface area contributed by atoms with Gasteiger partial charge in [-0.25, -0.2) is 4.98 Å². The van der Waals surface area contributed by atoms with Crippen molar-refractivity contribution in [1.29, 1.82) is 0 Å². The average molecular weight is 310 g/mol. The molecule has 1 aromatic carbocycles. The summed E-state index contributed by atoms with van der Waals surface area (Å²) in [7, 11) is 1.91. The molecule has 0 unspecified atom stereocenters. The van der Waals surface area contributed by atoms with Gasteiger partial charge >= 0.3 is 5.97 Å². The van der Waals surface area contributed by atoms with Crippen LogP contribution in [0, 0.1) is 0 Å². The summed E-state index contributed by atoms with van der Waals surface area (Å²) >= 11 is 5.99. The third-order valence-corrected chi connectivity index (χ3v) is 3.82. The maximum absolute atomic E-state index is 11.2. The van der Waals surface area contributed by atoms with Crippen LogP contribution in [0.5, 0.6) is 0 Å². The molecule has 0 bridgehead atoms. The zero-order valence-electron chi connectivity index (χ0n) is 12.3. The number of aromatic nitrogens is 2. The molecule has 6 heteroatoms. The fraction of sp³-hybridized carbons (Fsp3) is 0.467. The molecule has 0 aliphatic rings. The number of aliphatic carboxylic acids is 1. The Morgan fingerprint density at radius 3 is 2.95 bits per heavy atom. The summed E-state index contributed by atoms with van der Waals surface area (Å²) in [6.07, 6.45) is 2.50. The highest BCUT2D eigenvalue weighted by Gasteiger charge is 2.17. The SMILES string of the molecule is CCCC[C@H](NCc1nc2ccc(Cl)cc2n1C)C(=O)O. The van der Waals surface area contributed by atoms with Crippen molar-refractivity contribution in [2.45, 2.75) is 38.8 Å². The zero-order valence-corrected chi connectivity index (χ0v) is 13.0. The lowest BCUT2D eigenvalue weighted by molar-refractivity contribution is -0.139. The molecule has 2 rings (SSSR count). The zero-order chi connectivity index (χ0) is 15.4. The Hall–Kier alpha value is -1.59. The van der Waals surface area contributed by atoms with Crippen molar-refractivity contribution >= 4 is 28.6 Å². The van der Waals surface area contributed by atoms with Crippen molar-refractivity contribution in [2.75, 3.05) is 0 Å². The minimum absolute atomic E-state index is 0.420. The normalized spacial score (nSPS) is 12.7. The second kappa shape index (κ2) is 6.91. The van der Waals surface area contributed by atoms with Gasteiger partial charge in [-0.1, -0.05) is 31.4 Å². The van der Waals surface area contributed by atoms with Crippen molar-refractivity contribution in [3.63, 3.8) is 0 Å². The number of carbonyl (C=O) groups is 1. The number of imidazole rings is 1. The molecule has 1 aromatic heterocycles. The highest BCUT2D eigenvalue weighted by molar-refractivity contribution is 6.31. The number of carboxylic acids is 1. The summed E-state index contributed by atoms with van der Waals surface area (Å²) in [5.74, 6) is -0.0136. The Morgan fingerprint density at radius 2 is 2.29 bits per heavy atom. The molecule has 0 radical (unpaired) electrons. The van der Waals surface area contributed by atoms with Gasteiger partial charge in [0.2, 0.25) is 0 Å². The van der Waals surface area contributed by atoms with E-state index < -0.39 is 12.0 Å². The third kappa shape index (κ3) is 3.74. The van der Waals surface area contributed by atoms with Gasteiger partial charge in [-0.15, -0.1) is 0 Å². The molecule has 0 aliphatic heterocycles. The molecular weight excluding hydrogens is 290 g/mol. The van der Waals surface area contributed by atoms with Crippen LogP contribution in [-0.2, 0) is 18.4 Å².